The molecule has 0 N–H and O–H groups in total. The molecule has 0 spiro atoms. The molecule has 82 valence electrons. The van der Waals surface area contributed by atoms with Gasteiger partial charge in [0.25, 0.3) is 0 Å². The standard InChI is InChI=1S/C14H14O2/c15-9-11-5-1-3-7-13(11)14-8-4-2-6-12(14)10-16/h1,3,5,7,9-10H,2,4,6,8H2. The molecule has 1 aliphatic carbocycles. The van der Waals surface area contributed by atoms with Crippen molar-refractivity contribution in [2.24, 2.45) is 0 Å². The largest absolute Gasteiger partial charge is 0.298 e. The topological polar surface area (TPSA) is 34.1 Å². The molecule has 0 unspecified atom stereocenters. The number of carbonyl (C=O) groups excluding carboxylic acids is 2. The third-order valence-electron chi connectivity index (χ3n) is 3.07. The van der Waals surface area contributed by atoms with Gasteiger partial charge in [0, 0.05) is 5.56 Å². The van der Waals surface area contributed by atoms with Crippen molar-refractivity contribution in [2.75, 3.05) is 0 Å². The maximum absolute atomic E-state index is 11.0. The smallest absolute Gasteiger partial charge is 0.150 e. The SMILES string of the molecule is O=CC1=C(c2ccccc2C=O)CCCC1. The summed E-state index contributed by atoms with van der Waals surface area (Å²) in [5.74, 6) is 0. The van der Waals surface area contributed by atoms with E-state index in [1.165, 1.54) is 0 Å². The highest BCUT2D eigenvalue weighted by Crippen LogP contribution is 2.32. The van der Waals surface area contributed by atoms with Crippen LogP contribution in [0.3, 0.4) is 0 Å². The number of carbonyl (C=O) groups is 2. The minimum Gasteiger partial charge on any atom is -0.298 e. The van der Waals surface area contributed by atoms with Crippen molar-refractivity contribution in [3.05, 3.63) is 41.0 Å². The summed E-state index contributed by atoms with van der Waals surface area (Å²) >= 11 is 0. The fraction of sp³-hybridized carbons (Fsp3) is 0.286. The Morgan fingerprint density at radius 2 is 1.69 bits per heavy atom. The van der Waals surface area contributed by atoms with Crippen LogP contribution >= 0.6 is 0 Å². The van der Waals surface area contributed by atoms with Crippen molar-refractivity contribution in [1.82, 2.24) is 0 Å². The third kappa shape index (κ3) is 1.96. The van der Waals surface area contributed by atoms with Gasteiger partial charge in [-0.05, 0) is 42.4 Å². The van der Waals surface area contributed by atoms with E-state index in [9.17, 15) is 9.59 Å². The Morgan fingerprint density at radius 1 is 0.938 bits per heavy atom. The lowest BCUT2D eigenvalue weighted by molar-refractivity contribution is -0.105. The molecule has 0 amide bonds. The summed E-state index contributed by atoms with van der Waals surface area (Å²) in [7, 11) is 0. The lowest BCUT2D eigenvalue weighted by Crippen LogP contribution is -2.02. The fourth-order valence-electron chi connectivity index (χ4n) is 2.24. The molecule has 2 nitrogen and oxygen atoms in total. The quantitative estimate of drug-likeness (QED) is 0.725. The average molecular weight is 214 g/mol. The molecule has 2 rings (SSSR count). The van der Waals surface area contributed by atoms with Crippen LogP contribution in [-0.2, 0) is 4.79 Å². The van der Waals surface area contributed by atoms with Crippen molar-refractivity contribution in [2.45, 2.75) is 25.7 Å². The Kier molecular flexibility index (Phi) is 3.30. The first-order valence-corrected chi connectivity index (χ1v) is 5.58. The fourth-order valence-corrected chi connectivity index (χ4v) is 2.24. The molecule has 1 aromatic carbocycles. The Morgan fingerprint density at radius 3 is 2.44 bits per heavy atom. The molecule has 0 saturated carbocycles. The monoisotopic (exact) mass is 214 g/mol. The first-order chi connectivity index (χ1) is 7.86. The van der Waals surface area contributed by atoms with Crippen molar-refractivity contribution in [3.63, 3.8) is 0 Å². The number of aldehydes is 2. The van der Waals surface area contributed by atoms with Gasteiger partial charge in [0.2, 0.25) is 0 Å². The first-order valence-electron chi connectivity index (χ1n) is 5.58. The van der Waals surface area contributed by atoms with Crippen molar-refractivity contribution < 1.29 is 9.59 Å². The Balaban J connectivity index is 2.53. The summed E-state index contributed by atoms with van der Waals surface area (Å²) in [6, 6.07) is 7.48. The van der Waals surface area contributed by atoms with Crippen LogP contribution in [0.1, 0.15) is 41.6 Å². The predicted octanol–water partition coefficient (Wildman–Crippen LogP) is 3.03. The third-order valence-corrected chi connectivity index (χ3v) is 3.07. The summed E-state index contributed by atoms with van der Waals surface area (Å²) in [5, 5.41) is 0. The van der Waals surface area contributed by atoms with E-state index in [-0.39, 0.29) is 0 Å². The van der Waals surface area contributed by atoms with E-state index in [1.807, 2.05) is 18.2 Å². The summed E-state index contributed by atoms with van der Waals surface area (Å²) in [6.45, 7) is 0. The maximum atomic E-state index is 11.0. The maximum Gasteiger partial charge on any atom is 0.150 e. The van der Waals surface area contributed by atoms with Crippen molar-refractivity contribution >= 4 is 18.1 Å². The van der Waals surface area contributed by atoms with Gasteiger partial charge in [0.1, 0.15) is 6.29 Å². The van der Waals surface area contributed by atoms with E-state index in [4.69, 9.17) is 0 Å². The van der Waals surface area contributed by atoms with Crippen LogP contribution in [0.5, 0.6) is 0 Å². The predicted molar refractivity (Wildman–Crippen MR) is 63.3 cm³/mol. The second-order valence-corrected chi connectivity index (χ2v) is 4.03. The zero-order valence-corrected chi connectivity index (χ0v) is 9.11. The minimum atomic E-state index is 0.679. The lowest BCUT2D eigenvalue weighted by Gasteiger charge is -2.18. The minimum absolute atomic E-state index is 0.679. The number of hydrogen-bond acceptors (Lipinski definition) is 2. The van der Waals surface area contributed by atoms with E-state index < -0.39 is 0 Å². The van der Waals surface area contributed by atoms with Crippen LogP contribution in [-0.4, -0.2) is 12.6 Å². The molecular formula is C14H14O2. The molecule has 0 aromatic heterocycles. The van der Waals surface area contributed by atoms with Gasteiger partial charge in [-0.3, -0.25) is 9.59 Å². The van der Waals surface area contributed by atoms with Crippen molar-refractivity contribution in [1.29, 1.82) is 0 Å². The van der Waals surface area contributed by atoms with Crippen LogP contribution in [0.25, 0.3) is 5.57 Å². The molecule has 1 aliphatic rings. The molecule has 0 fully saturated rings. The van der Waals surface area contributed by atoms with Gasteiger partial charge >= 0.3 is 0 Å². The number of allylic oxidation sites excluding steroid dienone is 2. The zero-order valence-electron chi connectivity index (χ0n) is 9.11. The second-order valence-electron chi connectivity index (χ2n) is 4.03. The van der Waals surface area contributed by atoms with E-state index >= 15 is 0 Å². The molecule has 0 bridgehead atoms. The molecule has 1 aromatic rings. The molecular weight excluding hydrogens is 200 g/mol. The van der Waals surface area contributed by atoms with Crippen LogP contribution in [0.15, 0.2) is 29.8 Å². The Bertz CT molecular complexity index is 444. The Hall–Kier alpha value is -1.70. The van der Waals surface area contributed by atoms with E-state index in [0.717, 1.165) is 55.0 Å². The van der Waals surface area contributed by atoms with E-state index in [1.54, 1.807) is 6.07 Å². The van der Waals surface area contributed by atoms with Crippen LogP contribution in [0.2, 0.25) is 0 Å². The molecule has 0 aliphatic heterocycles. The highest BCUT2D eigenvalue weighted by Gasteiger charge is 2.15. The second kappa shape index (κ2) is 4.88. The number of benzene rings is 1. The Labute approximate surface area is 95.0 Å². The highest BCUT2D eigenvalue weighted by molar-refractivity contribution is 5.93. The summed E-state index contributed by atoms with van der Waals surface area (Å²) in [4.78, 5) is 22.0. The zero-order chi connectivity index (χ0) is 11.4. The van der Waals surface area contributed by atoms with Gasteiger partial charge in [0.05, 0.1) is 0 Å². The summed E-state index contributed by atoms with van der Waals surface area (Å²) in [6.07, 6.45) is 5.71. The number of hydrogen-bond donors (Lipinski definition) is 0. The van der Waals surface area contributed by atoms with Gasteiger partial charge in [-0.25, -0.2) is 0 Å². The summed E-state index contributed by atoms with van der Waals surface area (Å²) < 4.78 is 0. The first kappa shape index (κ1) is 10.8. The van der Waals surface area contributed by atoms with Gasteiger partial charge in [-0.15, -0.1) is 0 Å². The van der Waals surface area contributed by atoms with Crippen LogP contribution < -0.4 is 0 Å². The summed E-state index contributed by atoms with van der Waals surface area (Å²) in [5.41, 5.74) is 3.53. The molecule has 0 saturated heterocycles. The van der Waals surface area contributed by atoms with Gasteiger partial charge in [0.15, 0.2) is 6.29 Å². The molecule has 0 atom stereocenters. The van der Waals surface area contributed by atoms with Crippen LogP contribution in [0.4, 0.5) is 0 Å². The molecule has 16 heavy (non-hydrogen) atoms. The average Bonchev–Trinajstić information content (AvgIpc) is 2.38. The molecule has 0 heterocycles. The lowest BCUT2D eigenvalue weighted by atomic mass is 9.86. The van der Waals surface area contributed by atoms with Gasteiger partial charge < -0.3 is 0 Å². The van der Waals surface area contributed by atoms with Gasteiger partial charge in [-0.1, -0.05) is 24.3 Å². The van der Waals surface area contributed by atoms with E-state index in [0.29, 0.717) is 5.56 Å². The van der Waals surface area contributed by atoms with E-state index in [2.05, 4.69) is 0 Å². The van der Waals surface area contributed by atoms with Gasteiger partial charge in [-0.2, -0.15) is 0 Å². The van der Waals surface area contributed by atoms with Crippen LogP contribution in [0, 0.1) is 0 Å². The van der Waals surface area contributed by atoms with Crippen molar-refractivity contribution in [3.8, 4) is 0 Å². The highest BCUT2D eigenvalue weighted by atomic mass is 16.1. The molecule has 0 radical (unpaired) electrons. The number of rotatable bonds is 3. The molecule has 2 heteroatoms. The normalized spacial score (nSPS) is 16.0.